The van der Waals surface area contributed by atoms with Gasteiger partial charge in [-0.3, -0.25) is 9.36 Å². The molecular formula is C16H11ClN4O2S2. The molecule has 0 N–H and O–H groups in total. The molecule has 0 spiro atoms. The summed E-state index contributed by atoms with van der Waals surface area (Å²) < 4.78 is 7.49. The SMILES string of the molecule is Cn1c(SCc2noc(-c3ccccc3Cl)n2)nc2ccsc2c1=O. The van der Waals surface area contributed by atoms with Gasteiger partial charge in [0.1, 0.15) is 4.70 Å². The van der Waals surface area contributed by atoms with Gasteiger partial charge in [-0.05, 0) is 23.6 Å². The van der Waals surface area contributed by atoms with E-state index in [0.717, 1.165) is 0 Å². The Kier molecular flexibility index (Phi) is 4.32. The average Bonchev–Trinajstić information content (AvgIpc) is 3.26. The monoisotopic (exact) mass is 390 g/mol. The minimum absolute atomic E-state index is 0.0487. The standard InChI is InChI=1S/C16H11ClN4O2S2/c1-21-15(22)13-11(6-7-24-13)18-16(21)25-8-12-19-14(23-20-12)9-4-2-3-5-10(9)17/h2-7H,8H2,1H3. The van der Waals surface area contributed by atoms with E-state index in [1.807, 2.05) is 29.6 Å². The normalized spacial score (nSPS) is 11.3. The first-order valence-electron chi connectivity index (χ1n) is 7.28. The summed E-state index contributed by atoms with van der Waals surface area (Å²) in [5.74, 6) is 1.32. The summed E-state index contributed by atoms with van der Waals surface area (Å²) in [6.45, 7) is 0. The van der Waals surface area contributed by atoms with Crippen LogP contribution >= 0.6 is 34.7 Å². The Balaban J connectivity index is 1.58. The highest BCUT2D eigenvalue weighted by Crippen LogP contribution is 2.27. The summed E-state index contributed by atoms with van der Waals surface area (Å²) in [4.78, 5) is 21.2. The van der Waals surface area contributed by atoms with Gasteiger partial charge in [0.15, 0.2) is 11.0 Å². The summed E-state index contributed by atoms with van der Waals surface area (Å²) in [5.41, 5.74) is 1.35. The molecule has 0 bridgehead atoms. The number of nitrogens with zero attached hydrogens (tertiary/aromatic N) is 4. The van der Waals surface area contributed by atoms with Crippen LogP contribution in [0.25, 0.3) is 21.7 Å². The molecule has 3 heterocycles. The van der Waals surface area contributed by atoms with Gasteiger partial charge in [0.2, 0.25) is 0 Å². The fourth-order valence-electron chi connectivity index (χ4n) is 2.28. The Labute approximate surface area is 155 Å². The van der Waals surface area contributed by atoms with Crippen molar-refractivity contribution in [1.29, 1.82) is 0 Å². The lowest BCUT2D eigenvalue weighted by Crippen LogP contribution is -2.18. The van der Waals surface area contributed by atoms with Gasteiger partial charge in [0, 0.05) is 7.05 Å². The number of halogens is 1. The first-order chi connectivity index (χ1) is 12.1. The smallest absolute Gasteiger partial charge is 0.271 e. The fourth-order valence-corrected chi connectivity index (χ4v) is 4.12. The first-order valence-corrected chi connectivity index (χ1v) is 9.52. The number of aromatic nitrogens is 4. The van der Waals surface area contributed by atoms with Crippen LogP contribution in [0, 0.1) is 0 Å². The summed E-state index contributed by atoms with van der Waals surface area (Å²) >= 11 is 8.92. The van der Waals surface area contributed by atoms with Gasteiger partial charge in [-0.25, -0.2) is 4.98 Å². The van der Waals surface area contributed by atoms with Crippen molar-refractivity contribution in [3.63, 3.8) is 0 Å². The molecule has 0 aliphatic heterocycles. The predicted octanol–water partition coefficient (Wildman–Crippen LogP) is 3.99. The zero-order valence-electron chi connectivity index (χ0n) is 13.0. The lowest BCUT2D eigenvalue weighted by Gasteiger charge is -2.05. The van der Waals surface area contributed by atoms with Crippen LogP contribution in [-0.4, -0.2) is 19.7 Å². The second kappa shape index (κ2) is 6.62. The van der Waals surface area contributed by atoms with Gasteiger partial charge in [-0.2, -0.15) is 4.98 Å². The fraction of sp³-hybridized carbons (Fsp3) is 0.125. The number of rotatable bonds is 4. The number of fused-ring (bicyclic) bond motifs is 1. The van der Waals surface area contributed by atoms with E-state index in [1.165, 1.54) is 23.1 Å². The highest BCUT2D eigenvalue weighted by molar-refractivity contribution is 7.98. The highest BCUT2D eigenvalue weighted by atomic mass is 35.5. The number of benzene rings is 1. The molecular weight excluding hydrogens is 380 g/mol. The molecule has 4 rings (SSSR count). The van der Waals surface area contributed by atoms with Gasteiger partial charge in [-0.1, -0.05) is 40.7 Å². The van der Waals surface area contributed by atoms with Crippen LogP contribution < -0.4 is 5.56 Å². The van der Waals surface area contributed by atoms with E-state index < -0.39 is 0 Å². The van der Waals surface area contributed by atoms with Crippen LogP contribution in [0.4, 0.5) is 0 Å². The molecule has 0 aliphatic rings. The second-order valence-electron chi connectivity index (χ2n) is 5.18. The van der Waals surface area contributed by atoms with Crippen molar-refractivity contribution < 1.29 is 4.52 Å². The third kappa shape index (κ3) is 3.08. The van der Waals surface area contributed by atoms with Gasteiger partial charge in [0.25, 0.3) is 11.4 Å². The molecule has 0 fully saturated rings. The quantitative estimate of drug-likeness (QED) is 0.387. The predicted molar refractivity (Wildman–Crippen MR) is 99.2 cm³/mol. The Bertz CT molecular complexity index is 1120. The molecule has 25 heavy (non-hydrogen) atoms. The summed E-state index contributed by atoms with van der Waals surface area (Å²) in [6, 6.07) is 9.13. The van der Waals surface area contributed by atoms with E-state index in [4.69, 9.17) is 16.1 Å². The highest BCUT2D eigenvalue weighted by Gasteiger charge is 2.14. The van der Waals surface area contributed by atoms with Gasteiger partial charge in [-0.15, -0.1) is 11.3 Å². The second-order valence-corrected chi connectivity index (χ2v) is 7.44. The molecule has 6 nitrogen and oxygen atoms in total. The van der Waals surface area contributed by atoms with Crippen LogP contribution in [0.3, 0.4) is 0 Å². The van der Waals surface area contributed by atoms with Crippen molar-refractivity contribution in [3.05, 3.63) is 56.9 Å². The molecule has 9 heteroatoms. The van der Waals surface area contributed by atoms with E-state index in [9.17, 15) is 4.79 Å². The lowest BCUT2D eigenvalue weighted by atomic mass is 10.2. The van der Waals surface area contributed by atoms with Crippen molar-refractivity contribution >= 4 is 44.9 Å². The van der Waals surface area contributed by atoms with Gasteiger partial charge < -0.3 is 4.52 Å². The molecule has 4 aromatic rings. The van der Waals surface area contributed by atoms with Crippen molar-refractivity contribution in [2.24, 2.45) is 7.05 Å². The summed E-state index contributed by atoms with van der Waals surface area (Å²) in [7, 11) is 1.71. The minimum Gasteiger partial charge on any atom is -0.334 e. The van der Waals surface area contributed by atoms with Gasteiger partial charge in [0.05, 0.1) is 21.9 Å². The van der Waals surface area contributed by atoms with Gasteiger partial charge >= 0.3 is 0 Å². The Morgan fingerprint density at radius 2 is 2.12 bits per heavy atom. The van der Waals surface area contributed by atoms with E-state index >= 15 is 0 Å². The van der Waals surface area contributed by atoms with E-state index in [1.54, 1.807) is 17.7 Å². The largest absolute Gasteiger partial charge is 0.334 e. The van der Waals surface area contributed by atoms with Crippen molar-refractivity contribution in [2.45, 2.75) is 10.9 Å². The van der Waals surface area contributed by atoms with Crippen molar-refractivity contribution in [3.8, 4) is 11.5 Å². The van der Waals surface area contributed by atoms with E-state index in [0.29, 0.717) is 43.4 Å². The van der Waals surface area contributed by atoms with Crippen molar-refractivity contribution in [1.82, 2.24) is 19.7 Å². The molecule has 1 aromatic carbocycles. The molecule has 0 radical (unpaired) electrons. The zero-order valence-corrected chi connectivity index (χ0v) is 15.4. The topological polar surface area (TPSA) is 73.8 Å². The van der Waals surface area contributed by atoms with E-state index in [-0.39, 0.29) is 5.56 Å². The molecule has 3 aromatic heterocycles. The van der Waals surface area contributed by atoms with Crippen LogP contribution in [0.5, 0.6) is 0 Å². The maximum absolute atomic E-state index is 12.3. The Hall–Kier alpha value is -2.16. The molecule has 0 atom stereocenters. The summed E-state index contributed by atoms with van der Waals surface area (Å²) in [6.07, 6.45) is 0. The maximum atomic E-state index is 12.3. The zero-order chi connectivity index (χ0) is 17.4. The lowest BCUT2D eigenvalue weighted by molar-refractivity contribution is 0.425. The molecule has 0 saturated heterocycles. The third-order valence-electron chi connectivity index (χ3n) is 3.55. The summed E-state index contributed by atoms with van der Waals surface area (Å²) in [5, 5.41) is 7.00. The van der Waals surface area contributed by atoms with E-state index in [2.05, 4.69) is 15.1 Å². The molecule has 0 amide bonds. The number of hydrogen-bond acceptors (Lipinski definition) is 7. The van der Waals surface area contributed by atoms with Crippen LogP contribution in [0.15, 0.2) is 50.2 Å². The Morgan fingerprint density at radius 3 is 2.96 bits per heavy atom. The molecule has 126 valence electrons. The third-order valence-corrected chi connectivity index (χ3v) is 5.80. The van der Waals surface area contributed by atoms with Crippen LogP contribution in [0.1, 0.15) is 5.82 Å². The number of thiophene rings is 1. The van der Waals surface area contributed by atoms with Crippen molar-refractivity contribution in [2.75, 3.05) is 0 Å². The number of thioether (sulfide) groups is 1. The number of hydrogen-bond donors (Lipinski definition) is 0. The molecule has 0 unspecified atom stereocenters. The van der Waals surface area contributed by atoms with Crippen LogP contribution in [-0.2, 0) is 12.8 Å². The molecule has 0 aliphatic carbocycles. The van der Waals surface area contributed by atoms with Crippen LogP contribution in [0.2, 0.25) is 5.02 Å². The first kappa shape index (κ1) is 16.3. The minimum atomic E-state index is -0.0487. The molecule has 0 saturated carbocycles. The average molecular weight is 391 g/mol. The Morgan fingerprint density at radius 1 is 1.28 bits per heavy atom. The maximum Gasteiger partial charge on any atom is 0.271 e.